The van der Waals surface area contributed by atoms with Gasteiger partial charge in [-0.05, 0) is 37.3 Å². The monoisotopic (exact) mass is 396 g/mol. The van der Waals surface area contributed by atoms with E-state index in [2.05, 4.69) is 5.10 Å². The van der Waals surface area contributed by atoms with E-state index < -0.39 is 11.8 Å². The summed E-state index contributed by atoms with van der Waals surface area (Å²) in [6, 6.07) is 17.7. The summed E-state index contributed by atoms with van der Waals surface area (Å²) in [4.78, 5) is 13.8. The SMILES string of the molecule is Cc1nn(-c2ccccc2)c2sc(C(=O)OCCOc3ccccc3F)cc12. The van der Waals surface area contributed by atoms with E-state index in [1.165, 1.54) is 23.5 Å². The minimum Gasteiger partial charge on any atom is -0.487 e. The van der Waals surface area contributed by atoms with Gasteiger partial charge in [-0.2, -0.15) is 5.10 Å². The van der Waals surface area contributed by atoms with Gasteiger partial charge in [-0.15, -0.1) is 11.3 Å². The second-order valence-electron chi connectivity index (χ2n) is 6.08. The fraction of sp³-hybridized carbons (Fsp3) is 0.143. The van der Waals surface area contributed by atoms with Crippen LogP contribution in [-0.4, -0.2) is 29.0 Å². The smallest absolute Gasteiger partial charge is 0.348 e. The second-order valence-corrected chi connectivity index (χ2v) is 7.11. The number of para-hydroxylation sites is 2. The van der Waals surface area contributed by atoms with Crippen LogP contribution in [0.5, 0.6) is 5.75 Å². The van der Waals surface area contributed by atoms with Crippen molar-refractivity contribution in [1.29, 1.82) is 0 Å². The summed E-state index contributed by atoms with van der Waals surface area (Å²) in [7, 11) is 0. The molecule has 0 spiro atoms. The van der Waals surface area contributed by atoms with Crippen molar-refractivity contribution in [3.8, 4) is 11.4 Å². The molecule has 0 saturated carbocycles. The van der Waals surface area contributed by atoms with Crippen LogP contribution in [-0.2, 0) is 4.74 Å². The number of esters is 1. The third kappa shape index (κ3) is 3.61. The number of thiophene rings is 1. The molecule has 5 nitrogen and oxygen atoms in total. The van der Waals surface area contributed by atoms with E-state index in [1.54, 1.807) is 18.2 Å². The number of hydrogen-bond acceptors (Lipinski definition) is 5. The van der Waals surface area contributed by atoms with Crippen LogP contribution in [0, 0.1) is 12.7 Å². The van der Waals surface area contributed by atoms with Crippen LogP contribution in [0.25, 0.3) is 15.9 Å². The fourth-order valence-corrected chi connectivity index (χ4v) is 3.89. The summed E-state index contributed by atoms with van der Waals surface area (Å²) in [6.45, 7) is 2.02. The van der Waals surface area contributed by atoms with Gasteiger partial charge in [-0.25, -0.2) is 13.9 Å². The van der Waals surface area contributed by atoms with Gasteiger partial charge in [0.05, 0.1) is 11.4 Å². The van der Waals surface area contributed by atoms with Crippen molar-refractivity contribution < 1.29 is 18.7 Å². The molecule has 0 amide bonds. The highest BCUT2D eigenvalue weighted by Gasteiger charge is 2.18. The predicted octanol–water partition coefficient (Wildman–Crippen LogP) is 4.77. The van der Waals surface area contributed by atoms with Crippen LogP contribution < -0.4 is 4.74 Å². The lowest BCUT2D eigenvalue weighted by molar-refractivity contribution is 0.0454. The predicted molar refractivity (Wildman–Crippen MR) is 106 cm³/mol. The van der Waals surface area contributed by atoms with Gasteiger partial charge in [-0.3, -0.25) is 0 Å². The Bertz CT molecular complexity index is 1120. The normalized spacial score (nSPS) is 10.9. The van der Waals surface area contributed by atoms with Crippen molar-refractivity contribution in [2.24, 2.45) is 0 Å². The Morgan fingerprint density at radius 1 is 1.11 bits per heavy atom. The molecule has 0 aliphatic carbocycles. The van der Waals surface area contributed by atoms with Gasteiger partial charge >= 0.3 is 5.97 Å². The molecule has 7 heteroatoms. The fourth-order valence-electron chi connectivity index (χ4n) is 2.81. The largest absolute Gasteiger partial charge is 0.487 e. The van der Waals surface area contributed by atoms with E-state index in [1.807, 2.05) is 41.9 Å². The number of aryl methyl sites for hydroxylation is 1. The van der Waals surface area contributed by atoms with Gasteiger partial charge in [0, 0.05) is 5.39 Å². The van der Waals surface area contributed by atoms with Gasteiger partial charge in [0.1, 0.15) is 22.9 Å². The zero-order chi connectivity index (χ0) is 19.5. The molecular weight excluding hydrogens is 379 g/mol. The zero-order valence-electron chi connectivity index (χ0n) is 15.1. The number of hydrogen-bond donors (Lipinski definition) is 0. The number of carbonyl (C=O) groups excluding carboxylic acids is 1. The average Bonchev–Trinajstić information content (AvgIpc) is 3.28. The van der Waals surface area contributed by atoms with E-state index in [0.717, 1.165) is 21.6 Å². The molecule has 28 heavy (non-hydrogen) atoms. The van der Waals surface area contributed by atoms with Crippen LogP contribution in [0.2, 0.25) is 0 Å². The van der Waals surface area contributed by atoms with Crippen molar-refractivity contribution in [3.05, 3.63) is 77.1 Å². The molecule has 4 aromatic rings. The molecule has 4 rings (SSSR count). The average molecular weight is 396 g/mol. The third-order valence-corrected chi connectivity index (χ3v) is 5.25. The lowest BCUT2D eigenvalue weighted by atomic mass is 10.3. The second kappa shape index (κ2) is 7.82. The number of rotatable bonds is 6. The van der Waals surface area contributed by atoms with E-state index in [4.69, 9.17) is 9.47 Å². The molecule has 0 aliphatic heterocycles. The number of nitrogens with zero attached hydrogens (tertiary/aromatic N) is 2. The highest BCUT2D eigenvalue weighted by Crippen LogP contribution is 2.30. The number of aromatic nitrogens is 2. The first kappa shape index (κ1) is 18.2. The Labute approximate surface area is 164 Å². The maximum absolute atomic E-state index is 13.5. The van der Waals surface area contributed by atoms with Crippen molar-refractivity contribution in [2.75, 3.05) is 13.2 Å². The molecule has 2 heterocycles. The molecule has 0 unspecified atom stereocenters. The number of fused-ring (bicyclic) bond motifs is 1. The first-order valence-electron chi connectivity index (χ1n) is 8.72. The van der Waals surface area contributed by atoms with E-state index in [9.17, 15) is 9.18 Å². The zero-order valence-corrected chi connectivity index (χ0v) is 15.9. The lowest BCUT2D eigenvalue weighted by Gasteiger charge is -2.07. The Balaban J connectivity index is 1.44. The molecule has 0 N–H and O–H groups in total. The van der Waals surface area contributed by atoms with Crippen molar-refractivity contribution in [2.45, 2.75) is 6.92 Å². The number of carbonyl (C=O) groups is 1. The quantitative estimate of drug-likeness (QED) is 0.348. The first-order chi connectivity index (χ1) is 13.6. The van der Waals surface area contributed by atoms with E-state index in [-0.39, 0.29) is 19.0 Å². The maximum Gasteiger partial charge on any atom is 0.348 e. The Kier molecular flexibility index (Phi) is 5.08. The molecule has 0 radical (unpaired) electrons. The Morgan fingerprint density at radius 2 is 1.86 bits per heavy atom. The molecule has 0 aliphatic rings. The number of benzene rings is 2. The van der Waals surface area contributed by atoms with Crippen LogP contribution >= 0.6 is 11.3 Å². The topological polar surface area (TPSA) is 53.4 Å². The van der Waals surface area contributed by atoms with Crippen LogP contribution in [0.15, 0.2) is 60.7 Å². The van der Waals surface area contributed by atoms with E-state index in [0.29, 0.717) is 4.88 Å². The molecule has 2 aromatic carbocycles. The molecule has 142 valence electrons. The van der Waals surface area contributed by atoms with Crippen molar-refractivity contribution >= 4 is 27.5 Å². The highest BCUT2D eigenvalue weighted by atomic mass is 32.1. The minimum absolute atomic E-state index is 0.0329. The van der Waals surface area contributed by atoms with Gasteiger partial charge in [0.15, 0.2) is 11.6 Å². The molecule has 0 saturated heterocycles. The van der Waals surface area contributed by atoms with Crippen LogP contribution in [0.4, 0.5) is 4.39 Å². The van der Waals surface area contributed by atoms with Crippen LogP contribution in [0.1, 0.15) is 15.4 Å². The summed E-state index contributed by atoms with van der Waals surface area (Å²) in [5.74, 6) is -0.740. The summed E-state index contributed by atoms with van der Waals surface area (Å²) < 4.78 is 25.9. The summed E-state index contributed by atoms with van der Waals surface area (Å²) in [5.41, 5.74) is 1.78. The summed E-state index contributed by atoms with van der Waals surface area (Å²) >= 11 is 1.33. The van der Waals surface area contributed by atoms with Gasteiger partial charge in [-0.1, -0.05) is 30.3 Å². The molecule has 0 bridgehead atoms. The standard InChI is InChI=1S/C21H17FN2O3S/c1-14-16-13-19(28-20(16)24(23-14)15-7-3-2-4-8-15)21(25)27-12-11-26-18-10-6-5-9-17(18)22/h2-10,13H,11-12H2,1H3. The number of ether oxygens (including phenoxy) is 2. The summed E-state index contributed by atoms with van der Waals surface area (Å²) in [6.07, 6.45) is 0. The molecule has 0 fully saturated rings. The molecular formula is C21H17FN2O3S. The Morgan fingerprint density at radius 3 is 2.64 bits per heavy atom. The number of halogens is 1. The third-order valence-electron chi connectivity index (χ3n) is 4.16. The van der Waals surface area contributed by atoms with Gasteiger partial charge < -0.3 is 9.47 Å². The minimum atomic E-state index is -0.445. The van der Waals surface area contributed by atoms with Crippen LogP contribution in [0.3, 0.4) is 0 Å². The Hall–Kier alpha value is -3.19. The van der Waals surface area contributed by atoms with Gasteiger partial charge in [0.2, 0.25) is 0 Å². The summed E-state index contributed by atoms with van der Waals surface area (Å²) in [5, 5.41) is 5.48. The molecule has 2 aromatic heterocycles. The molecule has 0 atom stereocenters. The highest BCUT2D eigenvalue weighted by molar-refractivity contribution is 7.20. The van der Waals surface area contributed by atoms with Gasteiger partial charge in [0.25, 0.3) is 0 Å². The van der Waals surface area contributed by atoms with Crippen molar-refractivity contribution in [3.63, 3.8) is 0 Å². The lowest BCUT2D eigenvalue weighted by Crippen LogP contribution is -2.12. The van der Waals surface area contributed by atoms with Crippen molar-refractivity contribution in [1.82, 2.24) is 9.78 Å². The maximum atomic E-state index is 13.5. The van der Waals surface area contributed by atoms with E-state index >= 15 is 0 Å². The first-order valence-corrected chi connectivity index (χ1v) is 9.54.